The molecule has 0 aromatic heterocycles. The van der Waals surface area contributed by atoms with E-state index in [-0.39, 0.29) is 30.3 Å². The first-order valence-electron chi connectivity index (χ1n) is 6.24. The molecule has 2 aliphatic rings. The van der Waals surface area contributed by atoms with E-state index in [1.165, 1.54) is 19.3 Å². The van der Waals surface area contributed by atoms with Crippen LogP contribution in [0.25, 0.3) is 0 Å². The number of nitrogens with one attached hydrogen (secondary N) is 1. The summed E-state index contributed by atoms with van der Waals surface area (Å²) in [7, 11) is 1.79. The van der Waals surface area contributed by atoms with Gasteiger partial charge in [0.1, 0.15) is 6.04 Å². The highest BCUT2D eigenvalue weighted by molar-refractivity contribution is 5.86. The zero-order chi connectivity index (χ0) is 11.5. The van der Waals surface area contributed by atoms with Crippen LogP contribution in [0.3, 0.4) is 0 Å². The molecule has 1 aliphatic carbocycles. The number of rotatable bonds is 4. The Morgan fingerprint density at radius 2 is 1.88 bits per heavy atom. The summed E-state index contributed by atoms with van der Waals surface area (Å²) in [6, 6.07) is -0.292. The van der Waals surface area contributed by atoms with Gasteiger partial charge in [-0.05, 0) is 26.8 Å². The lowest BCUT2D eigenvalue weighted by molar-refractivity contribution is -0.380. The minimum Gasteiger partial charge on any atom is -0.322 e. The number of hydrogen-bond donors (Lipinski definition) is 1. The molecular weight excluding hydrogens is 206 g/mol. The second-order valence-corrected chi connectivity index (χ2v) is 4.71. The van der Waals surface area contributed by atoms with E-state index in [1.54, 1.807) is 7.05 Å². The number of carbonyl (C=O) groups excluding carboxylic acids is 1. The molecular formula is C12H21NO3. The quantitative estimate of drug-likeness (QED) is 0.789. The smallest absolute Gasteiger partial charge is 0.186 e. The average Bonchev–Trinajstić information content (AvgIpc) is 2.28. The second-order valence-electron chi connectivity index (χ2n) is 4.71. The van der Waals surface area contributed by atoms with Crippen molar-refractivity contribution in [1.82, 2.24) is 5.32 Å². The summed E-state index contributed by atoms with van der Waals surface area (Å²) in [5.41, 5.74) is 0. The number of ether oxygens (including phenoxy) is 2. The van der Waals surface area contributed by atoms with Crippen molar-refractivity contribution < 1.29 is 14.3 Å². The van der Waals surface area contributed by atoms with Gasteiger partial charge in [-0.25, -0.2) is 0 Å². The summed E-state index contributed by atoms with van der Waals surface area (Å²) in [6.45, 7) is 1.84. The fourth-order valence-corrected chi connectivity index (χ4v) is 2.60. The van der Waals surface area contributed by atoms with Gasteiger partial charge in [-0.1, -0.05) is 19.3 Å². The molecule has 0 aromatic rings. The summed E-state index contributed by atoms with van der Waals surface area (Å²) in [6.07, 6.45) is 5.13. The Kier molecular flexibility index (Phi) is 3.95. The van der Waals surface area contributed by atoms with Crippen LogP contribution in [0.2, 0.25) is 0 Å². The van der Waals surface area contributed by atoms with Crippen LogP contribution in [0.1, 0.15) is 39.0 Å². The van der Waals surface area contributed by atoms with E-state index in [4.69, 9.17) is 9.47 Å². The first-order valence-corrected chi connectivity index (χ1v) is 6.24. The molecule has 1 heterocycles. The fraction of sp³-hybridized carbons (Fsp3) is 0.917. The molecule has 0 spiro atoms. The normalized spacial score (nSPS) is 33.1. The highest BCUT2D eigenvalue weighted by Gasteiger charge is 2.40. The van der Waals surface area contributed by atoms with Gasteiger partial charge in [0.05, 0.1) is 0 Å². The minimum atomic E-state index is -0.380. The molecule has 1 atom stereocenters. The largest absolute Gasteiger partial charge is 0.322 e. The van der Waals surface area contributed by atoms with Gasteiger partial charge in [0, 0.05) is 5.92 Å². The zero-order valence-electron chi connectivity index (χ0n) is 10.1. The van der Waals surface area contributed by atoms with Gasteiger partial charge in [-0.2, -0.15) is 0 Å². The maximum atomic E-state index is 12.2. The first-order chi connectivity index (χ1) is 7.72. The zero-order valence-corrected chi connectivity index (χ0v) is 10.1. The molecule has 1 N–H and O–H groups in total. The van der Waals surface area contributed by atoms with Gasteiger partial charge in [0.25, 0.3) is 0 Å². The van der Waals surface area contributed by atoms with E-state index in [0.717, 1.165) is 12.8 Å². The van der Waals surface area contributed by atoms with Crippen LogP contribution < -0.4 is 5.32 Å². The number of Topliss-reactive ketones (excluding diaryl/α,β-unsaturated/α-hetero) is 1. The molecule has 1 saturated carbocycles. The van der Waals surface area contributed by atoms with Crippen LogP contribution in [0.4, 0.5) is 0 Å². The minimum absolute atomic E-state index is 0.167. The van der Waals surface area contributed by atoms with Gasteiger partial charge < -0.3 is 14.8 Å². The molecule has 1 unspecified atom stereocenters. The topological polar surface area (TPSA) is 47.6 Å². The van der Waals surface area contributed by atoms with Crippen molar-refractivity contribution in [3.8, 4) is 0 Å². The van der Waals surface area contributed by atoms with Crippen LogP contribution in [0.15, 0.2) is 0 Å². The maximum absolute atomic E-state index is 12.2. The third-order valence-corrected chi connectivity index (χ3v) is 3.55. The van der Waals surface area contributed by atoms with E-state index < -0.39 is 0 Å². The molecule has 0 radical (unpaired) electrons. The van der Waals surface area contributed by atoms with Gasteiger partial charge in [-0.15, -0.1) is 0 Å². The predicted molar refractivity (Wildman–Crippen MR) is 59.8 cm³/mol. The average molecular weight is 227 g/mol. The second kappa shape index (κ2) is 5.25. The fourth-order valence-electron chi connectivity index (χ4n) is 2.60. The van der Waals surface area contributed by atoms with Gasteiger partial charge in [-0.3, -0.25) is 4.79 Å². The van der Waals surface area contributed by atoms with Gasteiger partial charge in [0.2, 0.25) is 0 Å². The van der Waals surface area contributed by atoms with E-state index in [2.05, 4.69) is 5.32 Å². The Balaban J connectivity index is 1.89. The molecule has 1 saturated heterocycles. The first kappa shape index (κ1) is 12.0. The molecule has 0 bridgehead atoms. The van der Waals surface area contributed by atoms with Crippen molar-refractivity contribution >= 4 is 5.78 Å². The van der Waals surface area contributed by atoms with Crippen molar-refractivity contribution in [1.29, 1.82) is 0 Å². The number of likely N-dealkylation sites (N-methyl/N-ethyl adjacent to an activating group) is 1. The monoisotopic (exact) mass is 227 g/mol. The standard InChI is InChI=1S/C12H21NO3/c1-8-15-12(16-8)10(13-2)11(14)9-6-4-3-5-7-9/h8-10,12-13H,3-7H2,1-2H3. The molecule has 2 rings (SSSR count). The van der Waals surface area contributed by atoms with Crippen molar-refractivity contribution in [2.75, 3.05) is 7.05 Å². The lowest BCUT2D eigenvalue weighted by Crippen LogP contribution is -2.56. The van der Waals surface area contributed by atoms with Crippen LogP contribution in [0, 0.1) is 5.92 Å². The molecule has 1 aliphatic heterocycles. The Hall–Kier alpha value is -0.450. The predicted octanol–water partition coefficient (Wildman–Crippen LogP) is 1.44. The summed E-state index contributed by atoms with van der Waals surface area (Å²) in [5.74, 6) is 0.466. The van der Waals surface area contributed by atoms with Crippen LogP contribution >= 0.6 is 0 Å². The van der Waals surface area contributed by atoms with E-state index in [0.29, 0.717) is 0 Å². The lowest BCUT2D eigenvalue weighted by Gasteiger charge is -2.39. The lowest BCUT2D eigenvalue weighted by atomic mass is 9.83. The van der Waals surface area contributed by atoms with Crippen molar-refractivity contribution in [2.24, 2.45) is 5.92 Å². The molecule has 2 fully saturated rings. The van der Waals surface area contributed by atoms with E-state index in [1.807, 2.05) is 6.92 Å². The third kappa shape index (κ3) is 2.44. The molecule has 16 heavy (non-hydrogen) atoms. The van der Waals surface area contributed by atoms with Gasteiger partial charge in [0.15, 0.2) is 18.4 Å². The Bertz CT molecular complexity index is 245. The summed E-state index contributed by atoms with van der Waals surface area (Å²) in [5, 5.41) is 3.02. The molecule has 4 heteroatoms. The third-order valence-electron chi connectivity index (χ3n) is 3.55. The summed E-state index contributed by atoms with van der Waals surface area (Å²) in [4.78, 5) is 12.2. The highest BCUT2D eigenvalue weighted by Crippen LogP contribution is 2.28. The molecule has 4 nitrogen and oxygen atoms in total. The summed E-state index contributed by atoms with van der Waals surface area (Å²) >= 11 is 0. The molecule has 0 aromatic carbocycles. The van der Waals surface area contributed by atoms with Gasteiger partial charge >= 0.3 is 0 Å². The van der Waals surface area contributed by atoms with Crippen molar-refractivity contribution in [3.05, 3.63) is 0 Å². The number of ketones is 1. The van der Waals surface area contributed by atoms with Crippen LogP contribution in [-0.2, 0) is 14.3 Å². The van der Waals surface area contributed by atoms with Crippen LogP contribution in [-0.4, -0.2) is 31.5 Å². The Labute approximate surface area is 96.7 Å². The van der Waals surface area contributed by atoms with E-state index in [9.17, 15) is 4.79 Å². The summed E-state index contributed by atoms with van der Waals surface area (Å²) < 4.78 is 10.8. The Morgan fingerprint density at radius 3 is 2.38 bits per heavy atom. The highest BCUT2D eigenvalue weighted by atomic mass is 16.9. The Morgan fingerprint density at radius 1 is 1.25 bits per heavy atom. The van der Waals surface area contributed by atoms with Crippen LogP contribution in [0.5, 0.6) is 0 Å². The maximum Gasteiger partial charge on any atom is 0.186 e. The molecule has 0 amide bonds. The van der Waals surface area contributed by atoms with Crippen molar-refractivity contribution in [3.63, 3.8) is 0 Å². The van der Waals surface area contributed by atoms with E-state index >= 15 is 0 Å². The number of hydrogen-bond acceptors (Lipinski definition) is 4. The number of carbonyl (C=O) groups is 1. The SMILES string of the molecule is CNC(C(=O)C1CCCCC1)C1OC(C)O1. The molecule has 92 valence electrons. The van der Waals surface area contributed by atoms with Crippen molar-refractivity contribution in [2.45, 2.75) is 57.6 Å².